The Bertz CT molecular complexity index is 1230. The third-order valence-corrected chi connectivity index (χ3v) is 7.02. The molecule has 2 fully saturated rings. The van der Waals surface area contributed by atoms with Crippen molar-refractivity contribution in [2.75, 3.05) is 31.6 Å². The average molecular weight is 500 g/mol. The number of anilines is 1. The molecular weight excluding hydrogens is 472 g/mol. The summed E-state index contributed by atoms with van der Waals surface area (Å²) >= 11 is 6.02. The first-order chi connectivity index (χ1) is 16.9. The topological polar surface area (TPSA) is 71.1 Å². The summed E-state index contributed by atoms with van der Waals surface area (Å²) in [6.45, 7) is 6.38. The molecule has 0 amide bonds. The molecule has 1 aromatic heterocycles. The maximum Gasteiger partial charge on any atom is 0.223 e. The highest BCUT2D eigenvalue weighted by molar-refractivity contribution is 6.30. The lowest BCUT2D eigenvalue weighted by molar-refractivity contribution is 0.0903. The molecule has 0 spiro atoms. The van der Waals surface area contributed by atoms with Gasteiger partial charge in [0.05, 0.1) is 16.6 Å². The van der Waals surface area contributed by atoms with Gasteiger partial charge in [-0.1, -0.05) is 36.4 Å². The van der Waals surface area contributed by atoms with E-state index in [2.05, 4.69) is 32.5 Å². The lowest BCUT2D eigenvalue weighted by atomic mass is 9.88. The molecule has 0 aliphatic carbocycles. The molecule has 2 aromatic carbocycles. The molecule has 35 heavy (non-hydrogen) atoms. The van der Waals surface area contributed by atoms with Crippen molar-refractivity contribution in [3.05, 3.63) is 71.1 Å². The van der Waals surface area contributed by atoms with Crippen LogP contribution in [-0.2, 0) is 4.74 Å². The molecule has 2 aliphatic rings. The van der Waals surface area contributed by atoms with Gasteiger partial charge in [-0.05, 0) is 55.1 Å². The van der Waals surface area contributed by atoms with Crippen LogP contribution >= 0.6 is 11.6 Å². The van der Waals surface area contributed by atoms with Gasteiger partial charge in [-0.15, -0.1) is 0 Å². The second-order valence-electron chi connectivity index (χ2n) is 9.19. The summed E-state index contributed by atoms with van der Waals surface area (Å²) in [5, 5.41) is 10.6. The van der Waals surface area contributed by atoms with Crippen LogP contribution < -0.4 is 16.0 Å². The standard InChI is InChI=1S/C26H28ClF2N5O/c1-16(32-24(26(29)8-9-30-15-26)18-4-5-22(28)21(27)12-18)17-2-3-19-14-31-25(34-23(19)13-17)33-20-6-10-35-11-7-20/h2-5,12-14,20,24,30,32H,1,6-11,15H2,(H,31,33,34)/t24-,26-/m1/s1. The molecule has 0 bridgehead atoms. The van der Waals surface area contributed by atoms with Crippen molar-refractivity contribution in [3.8, 4) is 0 Å². The number of benzene rings is 2. The lowest BCUT2D eigenvalue weighted by Gasteiger charge is -2.32. The zero-order valence-corrected chi connectivity index (χ0v) is 20.0. The lowest BCUT2D eigenvalue weighted by Crippen LogP contribution is -2.41. The zero-order valence-electron chi connectivity index (χ0n) is 19.3. The molecular formula is C26H28ClF2N5O. The minimum Gasteiger partial charge on any atom is -0.381 e. The van der Waals surface area contributed by atoms with Gasteiger partial charge in [-0.2, -0.15) is 0 Å². The van der Waals surface area contributed by atoms with Crippen LogP contribution in [-0.4, -0.2) is 48.0 Å². The largest absolute Gasteiger partial charge is 0.381 e. The molecule has 2 atom stereocenters. The van der Waals surface area contributed by atoms with E-state index < -0.39 is 17.5 Å². The first-order valence-corrected chi connectivity index (χ1v) is 12.2. The van der Waals surface area contributed by atoms with Crippen LogP contribution in [0.4, 0.5) is 14.7 Å². The van der Waals surface area contributed by atoms with E-state index in [4.69, 9.17) is 16.3 Å². The smallest absolute Gasteiger partial charge is 0.223 e. The number of alkyl halides is 1. The molecule has 0 saturated carbocycles. The van der Waals surface area contributed by atoms with E-state index in [0.29, 0.717) is 30.2 Å². The van der Waals surface area contributed by atoms with Crippen molar-refractivity contribution in [2.45, 2.75) is 37.0 Å². The molecule has 5 rings (SSSR count). The second kappa shape index (κ2) is 10.0. The van der Waals surface area contributed by atoms with Crippen LogP contribution in [0.5, 0.6) is 0 Å². The molecule has 2 aliphatic heterocycles. The van der Waals surface area contributed by atoms with Gasteiger partial charge in [0, 0.05) is 43.1 Å². The number of hydrogen-bond acceptors (Lipinski definition) is 6. The molecule has 3 heterocycles. The van der Waals surface area contributed by atoms with E-state index in [-0.39, 0.29) is 17.6 Å². The Hall–Kier alpha value is -2.81. The van der Waals surface area contributed by atoms with Crippen LogP contribution in [0.25, 0.3) is 16.6 Å². The minimum absolute atomic E-state index is 0.0403. The van der Waals surface area contributed by atoms with Gasteiger partial charge in [0.1, 0.15) is 11.5 Å². The molecule has 6 nitrogen and oxygen atoms in total. The number of hydrogen-bond donors (Lipinski definition) is 3. The van der Waals surface area contributed by atoms with Gasteiger partial charge in [-0.3, -0.25) is 0 Å². The molecule has 0 radical (unpaired) electrons. The zero-order chi connectivity index (χ0) is 24.4. The fourth-order valence-electron chi connectivity index (χ4n) is 4.69. The fourth-order valence-corrected chi connectivity index (χ4v) is 4.88. The summed E-state index contributed by atoms with van der Waals surface area (Å²) in [6.07, 6.45) is 3.93. The number of halogens is 3. The molecule has 9 heteroatoms. The number of ether oxygens (including phenoxy) is 1. The van der Waals surface area contributed by atoms with Crippen LogP contribution in [0.3, 0.4) is 0 Å². The minimum atomic E-state index is -1.58. The molecule has 3 aromatic rings. The van der Waals surface area contributed by atoms with E-state index in [0.717, 1.165) is 42.5 Å². The third kappa shape index (κ3) is 5.24. The van der Waals surface area contributed by atoms with Crippen molar-refractivity contribution >= 4 is 34.1 Å². The molecule has 2 saturated heterocycles. The Morgan fingerprint density at radius 2 is 2.06 bits per heavy atom. The number of nitrogens with one attached hydrogen (secondary N) is 3. The van der Waals surface area contributed by atoms with Crippen molar-refractivity contribution in [3.63, 3.8) is 0 Å². The summed E-state index contributed by atoms with van der Waals surface area (Å²) in [5.74, 6) is 0.0310. The Kier molecular flexibility index (Phi) is 6.86. The van der Waals surface area contributed by atoms with Crippen molar-refractivity contribution in [2.24, 2.45) is 0 Å². The van der Waals surface area contributed by atoms with Crippen LogP contribution in [0.15, 0.2) is 49.2 Å². The van der Waals surface area contributed by atoms with Gasteiger partial charge < -0.3 is 20.7 Å². The van der Waals surface area contributed by atoms with Gasteiger partial charge in [0.15, 0.2) is 0 Å². The van der Waals surface area contributed by atoms with E-state index >= 15 is 4.39 Å². The average Bonchev–Trinajstić information content (AvgIpc) is 3.31. The third-order valence-electron chi connectivity index (χ3n) is 6.73. The van der Waals surface area contributed by atoms with Crippen molar-refractivity contribution < 1.29 is 13.5 Å². The first kappa shape index (κ1) is 23.9. The van der Waals surface area contributed by atoms with E-state index in [9.17, 15) is 4.39 Å². The number of rotatable bonds is 7. The maximum atomic E-state index is 16.0. The Morgan fingerprint density at radius 1 is 1.23 bits per heavy atom. The highest BCUT2D eigenvalue weighted by Gasteiger charge is 2.43. The SMILES string of the molecule is C=C(N[C@H](c1ccc(F)c(Cl)c1)[C@@]1(F)CCNC1)c1ccc2cnc(NC3CCOCC3)nc2c1. The van der Waals surface area contributed by atoms with E-state index in [1.165, 1.54) is 12.1 Å². The second-order valence-corrected chi connectivity index (χ2v) is 9.60. The number of nitrogens with zero attached hydrogens (tertiary/aromatic N) is 2. The number of aromatic nitrogens is 2. The monoisotopic (exact) mass is 499 g/mol. The van der Waals surface area contributed by atoms with Crippen LogP contribution in [0.2, 0.25) is 5.02 Å². The highest BCUT2D eigenvalue weighted by Crippen LogP contribution is 2.37. The van der Waals surface area contributed by atoms with Gasteiger partial charge >= 0.3 is 0 Å². The van der Waals surface area contributed by atoms with E-state index in [1.54, 1.807) is 12.3 Å². The molecule has 3 N–H and O–H groups in total. The van der Waals surface area contributed by atoms with Gasteiger partial charge in [0.25, 0.3) is 0 Å². The van der Waals surface area contributed by atoms with Crippen molar-refractivity contribution in [1.29, 1.82) is 0 Å². The fraction of sp³-hybridized carbons (Fsp3) is 0.385. The summed E-state index contributed by atoms with van der Waals surface area (Å²) < 4.78 is 35.2. The maximum absolute atomic E-state index is 16.0. The van der Waals surface area contributed by atoms with Gasteiger partial charge in [-0.25, -0.2) is 18.7 Å². The predicted molar refractivity (Wildman–Crippen MR) is 135 cm³/mol. The Balaban J connectivity index is 1.40. The summed E-state index contributed by atoms with van der Waals surface area (Å²) in [6, 6.07) is 9.56. The number of fused-ring (bicyclic) bond motifs is 1. The summed E-state index contributed by atoms with van der Waals surface area (Å²) in [5.41, 5.74) is 1.06. The molecule has 184 valence electrons. The van der Waals surface area contributed by atoms with Crippen molar-refractivity contribution in [1.82, 2.24) is 20.6 Å². The summed E-state index contributed by atoms with van der Waals surface area (Å²) in [4.78, 5) is 9.13. The van der Waals surface area contributed by atoms with E-state index in [1.807, 2.05) is 18.2 Å². The van der Waals surface area contributed by atoms with Gasteiger partial charge in [0.2, 0.25) is 5.95 Å². The summed E-state index contributed by atoms with van der Waals surface area (Å²) in [7, 11) is 0. The van der Waals surface area contributed by atoms with Crippen LogP contribution in [0.1, 0.15) is 36.4 Å². The Labute approximate surface area is 208 Å². The predicted octanol–water partition coefficient (Wildman–Crippen LogP) is 5.02. The Morgan fingerprint density at radius 3 is 2.80 bits per heavy atom. The van der Waals surface area contributed by atoms with Crippen LogP contribution in [0, 0.1) is 5.82 Å². The highest BCUT2D eigenvalue weighted by atomic mass is 35.5. The molecule has 0 unspecified atom stereocenters. The quantitative estimate of drug-likeness (QED) is 0.424. The normalized spacial score (nSPS) is 21.7. The first-order valence-electron chi connectivity index (χ1n) is 11.8.